The summed E-state index contributed by atoms with van der Waals surface area (Å²) in [6.45, 7) is 1.54. The van der Waals surface area contributed by atoms with Gasteiger partial charge in [-0.05, 0) is 13.1 Å². The lowest BCUT2D eigenvalue weighted by Crippen LogP contribution is -1.94. The van der Waals surface area contributed by atoms with Gasteiger partial charge in [-0.2, -0.15) is 0 Å². The molecular weight excluding hydrogens is 206 g/mol. The van der Waals surface area contributed by atoms with Crippen molar-refractivity contribution in [1.82, 2.24) is 19.9 Å². The molecule has 0 aromatic carbocycles. The summed E-state index contributed by atoms with van der Waals surface area (Å²) in [5.74, 6) is 0.759. The van der Waals surface area contributed by atoms with E-state index >= 15 is 0 Å². The van der Waals surface area contributed by atoms with Crippen LogP contribution < -0.4 is 5.32 Å². The summed E-state index contributed by atoms with van der Waals surface area (Å²) >= 11 is 0. The Morgan fingerprint density at radius 1 is 1.50 bits per heavy atom. The van der Waals surface area contributed by atoms with Gasteiger partial charge >= 0.3 is 0 Å². The number of carbonyl (C=O) groups is 1. The molecule has 0 unspecified atom stereocenters. The molecule has 0 saturated heterocycles. The fourth-order valence-corrected chi connectivity index (χ4v) is 1.24. The van der Waals surface area contributed by atoms with Crippen molar-refractivity contribution in [3.63, 3.8) is 0 Å². The van der Waals surface area contributed by atoms with E-state index in [0.717, 1.165) is 5.52 Å². The Hall–Kier alpha value is -2.24. The van der Waals surface area contributed by atoms with Crippen LogP contribution in [0.3, 0.4) is 0 Å². The van der Waals surface area contributed by atoms with E-state index in [4.69, 9.17) is 0 Å². The third kappa shape index (κ3) is 2.22. The summed E-state index contributed by atoms with van der Waals surface area (Å²) in [6, 6.07) is 0. The number of anilines is 1. The molecule has 0 fully saturated rings. The standard InChI is InChI=1S/C10H11N5O/c1-7(16)3-2-4-11-9-8-10(13-5-12-8)15-6-14-9/h2,4-6H,3H2,1H3,(H2,11,12,13,14,15)/b4-2+. The molecule has 16 heavy (non-hydrogen) atoms. The Morgan fingerprint density at radius 2 is 2.38 bits per heavy atom. The first kappa shape index (κ1) is 10.3. The van der Waals surface area contributed by atoms with E-state index in [1.165, 1.54) is 6.33 Å². The fourth-order valence-electron chi connectivity index (χ4n) is 1.24. The Bertz CT molecular complexity index is 531. The maximum atomic E-state index is 10.7. The topological polar surface area (TPSA) is 83.6 Å². The molecule has 0 amide bonds. The number of allylic oxidation sites excluding steroid dienone is 1. The SMILES string of the molecule is CC(=O)C/C=C/Nc1ncnc2nc[nH]c12. The minimum Gasteiger partial charge on any atom is -0.345 e. The van der Waals surface area contributed by atoms with Crippen molar-refractivity contribution in [2.24, 2.45) is 0 Å². The highest BCUT2D eigenvalue weighted by Crippen LogP contribution is 2.13. The number of fused-ring (bicyclic) bond motifs is 1. The Balaban J connectivity index is 2.12. The number of carbonyl (C=O) groups excluding carboxylic acids is 1. The van der Waals surface area contributed by atoms with Crippen molar-refractivity contribution < 1.29 is 4.79 Å². The van der Waals surface area contributed by atoms with Gasteiger partial charge in [0.1, 0.15) is 17.6 Å². The van der Waals surface area contributed by atoms with Gasteiger partial charge in [-0.1, -0.05) is 6.08 Å². The van der Waals surface area contributed by atoms with Crippen LogP contribution in [0, 0.1) is 0 Å². The van der Waals surface area contributed by atoms with Gasteiger partial charge in [0.25, 0.3) is 0 Å². The minimum absolute atomic E-state index is 0.118. The van der Waals surface area contributed by atoms with Crippen molar-refractivity contribution in [3.05, 3.63) is 24.9 Å². The normalized spacial score (nSPS) is 11.1. The number of hydrogen-bond donors (Lipinski definition) is 2. The monoisotopic (exact) mass is 217 g/mol. The molecule has 0 aliphatic rings. The zero-order valence-electron chi connectivity index (χ0n) is 8.77. The van der Waals surface area contributed by atoms with Crippen LogP contribution >= 0.6 is 0 Å². The van der Waals surface area contributed by atoms with Crippen molar-refractivity contribution in [3.8, 4) is 0 Å². The number of hydrogen-bond acceptors (Lipinski definition) is 5. The van der Waals surface area contributed by atoms with Crippen LogP contribution in [0.15, 0.2) is 24.9 Å². The van der Waals surface area contributed by atoms with Crippen molar-refractivity contribution in [2.45, 2.75) is 13.3 Å². The van der Waals surface area contributed by atoms with Crippen LogP contribution in [-0.4, -0.2) is 25.7 Å². The van der Waals surface area contributed by atoms with Crippen LogP contribution in [0.2, 0.25) is 0 Å². The van der Waals surface area contributed by atoms with Crippen molar-refractivity contribution in [1.29, 1.82) is 0 Å². The number of nitrogens with one attached hydrogen (secondary N) is 2. The summed E-state index contributed by atoms with van der Waals surface area (Å²) in [7, 11) is 0. The third-order valence-electron chi connectivity index (χ3n) is 1.97. The van der Waals surface area contributed by atoms with Crippen LogP contribution in [0.5, 0.6) is 0 Å². The van der Waals surface area contributed by atoms with Crippen LogP contribution in [0.25, 0.3) is 11.2 Å². The van der Waals surface area contributed by atoms with Crippen molar-refractivity contribution in [2.75, 3.05) is 5.32 Å². The van der Waals surface area contributed by atoms with Gasteiger partial charge in [0.15, 0.2) is 11.5 Å². The van der Waals surface area contributed by atoms with E-state index in [9.17, 15) is 4.79 Å². The first-order valence-electron chi connectivity index (χ1n) is 4.82. The van der Waals surface area contributed by atoms with Crippen molar-refractivity contribution >= 4 is 22.8 Å². The molecule has 82 valence electrons. The lowest BCUT2D eigenvalue weighted by molar-refractivity contribution is -0.116. The van der Waals surface area contributed by atoms with Crippen LogP contribution in [0.1, 0.15) is 13.3 Å². The number of imidazole rings is 1. The largest absolute Gasteiger partial charge is 0.345 e. The molecular formula is C10H11N5O. The smallest absolute Gasteiger partial charge is 0.182 e. The third-order valence-corrected chi connectivity index (χ3v) is 1.97. The molecule has 0 atom stereocenters. The molecule has 2 aromatic heterocycles. The molecule has 2 aromatic rings. The number of ketones is 1. The second-order valence-electron chi connectivity index (χ2n) is 3.28. The summed E-state index contributed by atoms with van der Waals surface area (Å²) in [5.41, 5.74) is 1.35. The minimum atomic E-state index is 0.118. The number of aromatic nitrogens is 4. The first-order valence-corrected chi connectivity index (χ1v) is 4.82. The second-order valence-corrected chi connectivity index (χ2v) is 3.28. The zero-order valence-corrected chi connectivity index (χ0v) is 8.77. The zero-order chi connectivity index (χ0) is 11.4. The van der Waals surface area contributed by atoms with Gasteiger partial charge in [0.05, 0.1) is 6.33 Å². The Morgan fingerprint density at radius 3 is 3.19 bits per heavy atom. The maximum Gasteiger partial charge on any atom is 0.182 e. The number of nitrogens with zero attached hydrogens (tertiary/aromatic N) is 3. The fraction of sp³-hybridized carbons (Fsp3) is 0.200. The molecule has 2 rings (SSSR count). The summed E-state index contributed by atoms with van der Waals surface area (Å²) in [4.78, 5) is 25.7. The highest BCUT2D eigenvalue weighted by atomic mass is 16.1. The van der Waals surface area contributed by atoms with Crippen LogP contribution in [-0.2, 0) is 4.79 Å². The first-order chi connectivity index (χ1) is 7.77. The average Bonchev–Trinajstić information content (AvgIpc) is 2.72. The molecule has 0 saturated carbocycles. The van der Waals surface area contributed by atoms with E-state index in [2.05, 4.69) is 25.3 Å². The Labute approximate surface area is 91.8 Å². The molecule has 0 spiro atoms. The average molecular weight is 217 g/mol. The summed E-state index contributed by atoms with van der Waals surface area (Å²) in [5, 5.41) is 2.97. The van der Waals surface area contributed by atoms with E-state index in [1.807, 2.05) is 0 Å². The van der Waals surface area contributed by atoms with E-state index < -0.39 is 0 Å². The van der Waals surface area contributed by atoms with E-state index in [-0.39, 0.29) is 5.78 Å². The Kier molecular flexibility index (Phi) is 2.90. The quantitative estimate of drug-likeness (QED) is 0.805. The lowest BCUT2D eigenvalue weighted by atomic mass is 10.3. The summed E-state index contributed by atoms with van der Waals surface area (Å²) < 4.78 is 0. The number of Topliss-reactive ketones (excluding diaryl/α,β-unsaturated/α-hetero) is 1. The number of H-pyrrole nitrogens is 1. The number of rotatable bonds is 4. The maximum absolute atomic E-state index is 10.7. The lowest BCUT2D eigenvalue weighted by Gasteiger charge is -1.99. The second kappa shape index (κ2) is 4.52. The molecule has 0 aliphatic heterocycles. The van der Waals surface area contributed by atoms with E-state index in [0.29, 0.717) is 17.9 Å². The summed E-state index contributed by atoms with van der Waals surface area (Å²) in [6.07, 6.45) is 6.83. The molecule has 2 heterocycles. The molecule has 0 radical (unpaired) electrons. The number of aromatic amines is 1. The highest BCUT2D eigenvalue weighted by molar-refractivity contribution is 5.82. The van der Waals surface area contributed by atoms with Gasteiger partial charge in [0, 0.05) is 6.42 Å². The van der Waals surface area contributed by atoms with Gasteiger partial charge < -0.3 is 10.3 Å². The predicted octanol–water partition coefficient (Wildman–Crippen LogP) is 1.26. The van der Waals surface area contributed by atoms with Gasteiger partial charge in [0.2, 0.25) is 0 Å². The molecule has 0 aliphatic carbocycles. The van der Waals surface area contributed by atoms with Gasteiger partial charge in [-0.3, -0.25) is 4.79 Å². The van der Waals surface area contributed by atoms with Gasteiger partial charge in [-0.25, -0.2) is 15.0 Å². The molecule has 6 nitrogen and oxygen atoms in total. The van der Waals surface area contributed by atoms with Gasteiger partial charge in [-0.15, -0.1) is 0 Å². The molecule has 2 N–H and O–H groups in total. The highest BCUT2D eigenvalue weighted by Gasteiger charge is 2.02. The molecule has 0 bridgehead atoms. The van der Waals surface area contributed by atoms with Crippen LogP contribution in [0.4, 0.5) is 5.82 Å². The van der Waals surface area contributed by atoms with E-state index in [1.54, 1.807) is 25.5 Å². The predicted molar refractivity (Wildman–Crippen MR) is 59.7 cm³/mol. The molecule has 6 heteroatoms.